The first-order chi connectivity index (χ1) is 14.1. The second-order valence-electron chi connectivity index (χ2n) is 7.72. The van der Waals surface area contributed by atoms with E-state index in [4.69, 9.17) is 4.42 Å². The van der Waals surface area contributed by atoms with Crippen molar-refractivity contribution in [3.05, 3.63) is 85.9 Å². The number of H-pyrrole nitrogens is 1. The first kappa shape index (κ1) is 18.4. The van der Waals surface area contributed by atoms with Gasteiger partial charge >= 0.3 is 5.76 Å². The summed E-state index contributed by atoms with van der Waals surface area (Å²) in [6.45, 7) is 0.636. The number of hydrogen-bond acceptors (Lipinski definition) is 4. The number of halogens is 1. The Labute approximate surface area is 176 Å². The van der Waals surface area contributed by atoms with Crippen molar-refractivity contribution in [2.45, 2.75) is 31.7 Å². The van der Waals surface area contributed by atoms with Crippen LogP contribution in [0.15, 0.2) is 56.3 Å². The molecule has 2 unspecified atom stereocenters. The van der Waals surface area contributed by atoms with Crippen molar-refractivity contribution in [3.63, 3.8) is 0 Å². The highest BCUT2D eigenvalue weighted by atomic mass is 79.9. The van der Waals surface area contributed by atoms with Crippen LogP contribution in [0, 0.1) is 5.92 Å². The van der Waals surface area contributed by atoms with Crippen LogP contribution < -0.4 is 5.76 Å². The number of nitrogens with one attached hydrogen (secondary N) is 1. The predicted molar refractivity (Wildman–Crippen MR) is 111 cm³/mol. The zero-order valence-electron chi connectivity index (χ0n) is 15.7. The Kier molecular flexibility index (Phi) is 4.62. The normalized spacial score (nSPS) is 20.6. The molecule has 1 amide bonds. The number of aryl methyl sites for hydroxylation is 1. The van der Waals surface area contributed by atoms with Crippen molar-refractivity contribution in [1.29, 1.82) is 0 Å². The molecule has 6 nitrogen and oxygen atoms in total. The van der Waals surface area contributed by atoms with Gasteiger partial charge in [0.05, 0.1) is 17.4 Å². The molecular formula is C22H20BrN3O3. The van der Waals surface area contributed by atoms with E-state index in [9.17, 15) is 9.59 Å². The van der Waals surface area contributed by atoms with Gasteiger partial charge in [-0.2, -0.15) is 0 Å². The average molecular weight is 454 g/mol. The Balaban J connectivity index is 1.43. The maximum absolute atomic E-state index is 13.2. The van der Waals surface area contributed by atoms with Crippen molar-refractivity contribution in [2.24, 2.45) is 5.92 Å². The molecule has 3 heterocycles. The number of nitrogens with zero attached hydrogens (tertiary/aromatic N) is 2. The van der Waals surface area contributed by atoms with Gasteiger partial charge in [0, 0.05) is 35.6 Å². The van der Waals surface area contributed by atoms with E-state index in [1.165, 1.54) is 0 Å². The third-order valence-corrected chi connectivity index (χ3v) is 6.67. The second-order valence-corrected chi connectivity index (χ2v) is 8.58. The van der Waals surface area contributed by atoms with Crippen LogP contribution in [0.25, 0.3) is 0 Å². The minimum atomic E-state index is -0.391. The summed E-state index contributed by atoms with van der Waals surface area (Å²) in [5.74, 6) is 0.672. The van der Waals surface area contributed by atoms with Crippen LogP contribution in [0.3, 0.4) is 0 Å². The molecular weight excluding hydrogens is 434 g/mol. The molecule has 1 aliphatic heterocycles. The van der Waals surface area contributed by atoms with Gasteiger partial charge in [0.1, 0.15) is 5.76 Å². The standard InChI is InChI=1S/C22H20BrN3O3/c23-16-6-3-9-24-18(16)11-19-14-4-1-2-5-15(14)21(27)26(19)12-13-7-8-17-20(10-13)29-22(28)25-17/h1-6,9,13,19H,7-8,10-12H2,(H,25,28). The van der Waals surface area contributed by atoms with Gasteiger partial charge < -0.3 is 9.32 Å². The maximum atomic E-state index is 13.2. The van der Waals surface area contributed by atoms with Crippen LogP contribution in [0.5, 0.6) is 0 Å². The van der Waals surface area contributed by atoms with Crippen LogP contribution >= 0.6 is 15.9 Å². The largest absolute Gasteiger partial charge is 0.416 e. The number of aromatic amines is 1. The first-order valence-electron chi connectivity index (χ1n) is 9.80. The third kappa shape index (κ3) is 3.33. The van der Waals surface area contributed by atoms with Gasteiger partial charge in [0.25, 0.3) is 5.91 Å². The summed E-state index contributed by atoms with van der Waals surface area (Å²) in [7, 11) is 0. The van der Waals surface area contributed by atoms with Crippen LogP contribution in [-0.4, -0.2) is 27.3 Å². The molecule has 0 fully saturated rings. The lowest BCUT2D eigenvalue weighted by Crippen LogP contribution is -2.36. The van der Waals surface area contributed by atoms with E-state index >= 15 is 0 Å². The monoisotopic (exact) mass is 453 g/mol. The number of oxazole rings is 1. The summed E-state index contributed by atoms with van der Waals surface area (Å²) in [5, 5.41) is 0. The molecule has 2 aromatic heterocycles. The Morgan fingerprint density at radius 2 is 2.07 bits per heavy atom. The molecule has 7 heteroatoms. The Morgan fingerprint density at radius 1 is 1.21 bits per heavy atom. The molecule has 1 aromatic carbocycles. The molecule has 0 saturated heterocycles. The van der Waals surface area contributed by atoms with Crippen molar-refractivity contribution < 1.29 is 9.21 Å². The average Bonchev–Trinajstić information content (AvgIpc) is 3.21. The lowest BCUT2D eigenvalue weighted by molar-refractivity contribution is 0.0680. The van der Waals surface area contributed by atoms with E-state index in [2.05, 4.69) is 25.9 Å². The molecule has 3 aromatic rings. The van der Waals surface area contributed by atoms with E-state index in [0.29, 0.717) is 19.4 Å². The number of pyridine rings is 1. The number of aromatic nitrogens is 2. The predicted octanol–water partition coefficient (Wildman–Crippen LogP) is 3.67. The van der Waals surface area contributed by atoms with E-state index in [1.807, 2.05) is 41.3 Å². The second kappa shape index (κ2) is 7.30. The molecule has 1 N–H and O–H groups in total. The van der Waals surface area contributed by atoms with Crippen molar-refractivity contribution in [2.75, 3.05) is 6.54 Å². The number of rotatable bonds is 4. The fourth-order valence-electron chi connectivity index (χ4n) is 4.53. The quantitative estimate of drug-likeness (QED) is 0.653. The van der Waals surface area contributed by atoms with Crippen LogP contribution in [-0.2, 0) is 19.3 Å². The number of hydrogen-bond donors (Lipinski definition) is 1. The van der Waals surface area contributed by atoms with Gasteiger partial charge in [-0.05, 0) is 58.5 Å². The van der Waals surface area contributed by atoms with E-state index in [1.54, 1.807) is 6.20 Å². The maximum Gasteiger partial charge on any atom is 0.416 e. The number of carbonyl (C=O) groups is 1. The molecule has 1 aliphatic carbocycles. The molecule has 2 atom stereocenters. The van der Waals surface area contributed by atoms with Gasteiger partial charge in [-0.25, -0.2) is 4.79 Å². The SMILES string of the molecule is O=C1c2ccccc2C(Cc2ncccc2Br)N1CC1CCc2[nH]c(=O)oc2C1. The van der Waals surface area contributed by atoms with Crippen LogP contribution in [0.1, 0.15) is 45.5 Å². The topological polar surface area (TPSA) is 79.2 Å². The lowest BCUT2D eigenvalue weighted by atomic mass is 9.89. The Bertz CT molecular complexity index is 1140. The zero-order chi connectivity index (χ0) is 20.0. The van der Waals surface area contributed by atoms with Gasteiger partial charge in [-0.15, -0.1) is 0 Å². The molecule has 0 spiro atoms. The summed E-state index contributed by atoms with van der Waals surface area (Å²) in [4.78, 5) is 34.0. The third-order valence-electron chi connectivity index (χ3n) is 5.95. The number of carbonyl (C=O) groups excluding carboxylic acids is 1. The summed E-state index contributed by atoms with van der Waals surface area (Å²) in [6.07, 6.45) is 4.80. The molecule has 5 rings (SSSR count). The van der Waals surface area contributed by atoms with Gasteiger partial charge in [0.15, 0.2) is 0 Å². The molecule has 0 bridgehead atoms. The van der Waals surface area contributed by atoms with Gasteiger partial charge in [-0.3, -0.25) is 14.8 Å². The van der Waals surface area contributed by atoms with Crippen molar-refractivity contribution >= 4 is 21.8 Å². The lowest BCUT2D eigenvalue weighted by Gasteiger charge is -2.31. The fourth-order valence-corrected chi connectivity index (χ4v) is 4.95. The van der Waals surface area contributed by atoms with E-state index in [0.717, 1.165) is 45.6 Å². The molecule has 0 saturated carbocycles. The Hall–Kier alpha value is -2.67. The Morgan fingerprint density at radius 3 is 2.93 bits per heavy atom. The summed E-state index contributed by atoms with van der Waals surface area (Å²) >= 11 is 3.59. The smallest absolute Gasteiger partial charge is 0.413 e. The number of fused-ring (bicyclic) bond motifs is 2. The number of benzene rings is 1. The molecule has 2 aliphatic rings. The highest BCUT2D eigenvalue weighted by Gasteiger charge is 2.38. The summed E-state index contributed by atoms with van der Waals surface area (Å²) < 4.78 is 6.25. The van der Waals surface area contributed by atoms with Crippen LogP contribution in [0.2, 0.25) is 0 Å². The molecule has 29 heavy (non-hydrogen) atoms. The highest BCUT2D eigenvalue weighted by Crippen LogP contribution is 2.38. The van der Waals surface area contributed by atoms with E-state index < -0.39 is 5.76 Å². The highest BCUT2D eigenvalue weighted by molar-refractivity contribution is 9.10. The summed E-state index contributed by atoms with van der Waals surface area (Å²) in [5.41, 5.74) is 3.67. The summed E-state index contributed by atoms with van der Waals surface area (Å²) in [6, 6.07) is 11.7. The molecule has 148 valence electrons. The number of amides is 1. The minimum absolute atomic E-state index is 0.0514. The zero-order valence-corrected chi connectivity index (χ0v) is 17.3. The van der Waals surface area contributed by atoms with Crippen molar-refractivity contribution in [1.82, 2.24) is 14.9 Å². The minimum Gasteiger partial charge on any atom is -0.413 e. The van der Waals surface area contributed by atoms with Gasteiger partial charge in [-0.1, -0.05) is 18.2 Å². The van der Waals surface area contributed by atoms with Gasteiger partial charge in [0.2, 0.25) is 0 Å². The molecule has 0 radical (unpaired) electrons. The van der Waals surface area contributed by atoms with Crippen LogP contribution in [0.4, 0.5) is 0 Å². The van der Waals surface area contributed by atoms with E-state index in [-0.39, 0.29) is 17.9 Å². The fraction of sp³-hybridized carbons (Fsp3) is 0.318. The van der Waals surface area contributed by atoms with Crippen molar-refractivity contribution in [3.8, 4) is 0 Å². The first-order valence-corrected chi connectivity index (χ1v) is 10.6.